The molecule has 0 saturated heterocycles. The summed E-state index contributed by atoms with van der Waals surface area (Å²) in [5.41, 5.74) is 10.6. The van der Waals surface area contributed by atoms with Crippen LogP contribution in [0, 0.1) is 11.3 Å². The van der Waals surface area contributed by atoms with Gasteiger partial charge in [0.15, 0.2) is 0 Å². The lowest BCUT2D eigenvalue weighted by atomic mass is 9.98. The van der Waals surface area contributed by atoms with Gasteiger partial charge < -0.3 is 11.5 Å². The molecule has 1 saturated carbocycles. The van der Waals surface area contributed by atoms with Gasteiger partial charge in [-0.15, -0.1) is 0 Å². The lowest BCUT2D eigenvalue weighted by Crippen LogP contribution is -2.38. The first-order valence-corrected chi connectivity index (χ1v) is 5.71. The highest BCUT2D eigenvalue weighted by Crippen LogP contribution is 2.54. The summed E-state index contributed by atoms with van der Waals surface area (Å²) in [6, 6.07) is 9.95. The van der Waals surface area contributed by atoms with Crippen molar-refractivity contribution in [1.82, 2.24) is 0 Å². The van der Waals surface area contributed by atoms with Gasteiger partial charge in [0.05, 0.1) is 0 Å². The second-order valence-corrected chi connectivity index (χ2v) is 4.63. The van der Waals surface area contributed by atoms with Crippen molar-refractivity contribution in [3.63, 3.8) is 0 Å². The summed E-state index contributed by atoms with van der Waals surface area (Å²) in [5, 5.41) is 0. The van der Waals surface area contributed by atoms with Crippen LogP contribution in [0.4, 0.5) is 0 Å². The summed E-state index contributed by atoms with van der Waals surface area (Å²) < 4.78 is 0. The van der Waals surface area contributed by atoms with E-state index in [2.05, 4.69) is 0 Å². The molecule has 1 aromatic carbocycles. The van der Waals surface area contributed by atoms with Crippen LogP contribution in [0.3, 0.4) is 0 Å². The van der Waals surface area contributed by atoms with E-state index < -0.39 is 17.2 Å². The van der Waals surface area contributed by atoms with E-state index in [4.69, 9.17) is 11.5 Å². The molecular formula is C13H16N2O2. The highest BCUT2D eigenvalue weighted by molar-refractivity contribution is 6.07. The van der Waals surface area contributed by atoms with Crippen molar-refractivity contribution in [1.29, 1.82) is 0 Å². The van der Waals surface area contributed by atoms with Gasteiger partial charge in [-0.3, -0.25) is 9.59 Å². The Labute approximate surface area is 100.0 Å². The zero-order valence-corrected chi connectivity index (χ0v) is 9.56. The number of nitrogens with two attached hydrogens (primary N) is 2. The van der Waals surface area contributed by atoms with E-state index >= 15 is 0 Å². The Balaban J connectivity index is 1.95. The largest absolute Gasteiger partial charge is 0.369 e. The SMILES string of the molecule is NC(=O)C1(C(N)=O)CC1CCc1ccccc1. The third-order valence-electron chi connectivity index (χ3n) is 3.61. The topological polar surface area (TPSA) is 86.2 Å². The average Bonchev–Trinajstić information content (AvgIpc) is 3.03. The van der Waals surface area contributed by atoms with E-state index in [0.29, 0.717) is 6.42 Å². The summed E-state index contributed by atoms with van der Waals surface area (Å²) in [5.74, 6) is -1.15. The lowest BCUT2D eigenvalue weighted by Gasteiger charge is -2.08. The number of benzene rings is 1. The maximum absolute atomic E-state index is 11.3. The van der Waals surface area contributed by atoms with Gasteiger partial charge in [-0.05, 0) is 30.7 Å². The number of hydrogen-bond donors (Lipinski definition) is 2. The van der Waals surface area contributed by atoms with Crippen LogP contribution in [-0.4, -0.2) is 11.8 Å². The minimum Gasteiger partial charge on any atom is -0.369 e. The van der Waals surface area contributed by atoms with E-state index in [1.807, 2.05) is 30.3 Å². The second kappa shape index (κ2) is 4.20. The minimum atomic E-state index is -1.07. The van der Waals surface area contributed by atoms with Crippen LogP contribution >= 0.6 is 0 Å². The molecule has 0 heterocycles. The Morgan fingerprint density at radius 2 is 1.76 bits per heavy atom. The zero-order valence-electron chi connectivity index (χ0n) is 9.56. The molecular weight excluding hydrogens is 216 g/mol. The van der Waals surface area contributed by atoms with E-state index in [1.54, 1.807) is 0 Å². The molecule has 1 aliphatic carbocycles. The maximum atomic E-state index is 11.3. The number of amides is 2. The lowest BCUT2D eigenvalue weighted by molar-refractivity contribution is -0.134. The summed E-state index contributed by atoms with van der Waals surface area (Å²) in [6.45, 7) is 0. The highest BCUT2D eigenvalue weighted by atomic mass is 16.2. The average molecular weight is 232 g/mol. The molecule has 0 aliphatic heterocycles. The molecule has 1 fully saturated rings. The second-order valence-electron chi connectivity index (χ2n) is 4.63. The van der Waals surface area contributed by atoms with E-state index in [0.717, 1.165) is 12.8 Å². The molecule has 4 nitrogen and oxygen atoms in total. The summed E-state index contributed by atoms with van der Waals surface area (Å²) in [4.78, 5) is 22.5. The number of carbonyl (C=O) groups excluding carboxylic acids is 2. The third-order valence-corrected chi connectivity index (χ3v) is 3.61. The predicted octanol–water partition coefficient (Wildman–Crippen LogP) is 0.596. The van der Waals surface area contributed by atoms with Gasteiger partial charge in [0.1, 0.15) is 5.41 Å². The molecule has 2 amide bonds. The Bertz CT molecular complexity index is 428. The van der Waals surface area contributed by atoms with Gasteiger partial charge in [0.25, 0.3) is 0 Å². The number of primary amides is 2. The molecule has 17 heavy (non-hydrogen) atoms. The Morgan fingerprint density at radius 3 is 2.24 bits per heavy atom. The van der Waals surface area contributed by atoms with Crippen molar-refractivity contribution in [3.05, 3.63) is 35.9 Å². The standard InChI is InChI=1S/C13H16N2O2/c14-11(16)13(12(15)17)8-10(13)7-6-9-4-2-1-3-5-9/h1-5,10H,6-8H2,(H2,14,16)(H2,15,17). The van der Waals surface area contributed by atoms with Gasteiger partial charge in [-0.2, -0.15) is 0 Å². The van der Waals surface area contributed by atoms with Crippen molar-refractivity contribution >= 4 is 11.8 Å². The molecule has 0 spiro atoms. The smallest absolute Gasteiger partial charge is 0.233 e. The van der Waals surface area contributed by atoms with Crippen molar-refractivity contribution in [2.75, 3.05) is 0 Å². The van der Waals surface area contributed by atoms with Gasteiger partial charge in [0, 0.05) is 0 Å². The predicted molar refractivity (Wildman–Crippen MR) is 63.7 cm³/mol. The van der Waals surface area contributed by atoms with Gasteiger partial charge in [-0.1, -0.05) is 30.3 Å². The first-order chi connectivity index (χ1) is 8.07. The van der Waals surface area contributed by atoms with Crippen molar-refractivity contribution in [2.24, 2.45) is 22.8 Å². The molecule has 4 heteroatoms. The third kappa shape index (κ3) is 2.02. The minimum absolute atomic E-state index is 0.0118. The van der Waals surface area contributed by atoms with Gasteiger partial charge in [-0.25, -0.2) is 0 Å². The van der Waals surface area contributed by atoms with Crippen LogP contribution in [0.15, 0.2) is 30.3 Å². The van der Waals surface area contributed by atoms with E-state index in [-0.39, 0.29) is 5.92 Å². The van der Waals surface area contributed by atoms with Crippen molar-refractivity contribution in [2.45, 2.75) is 19.3 Å². The van der Waals surface area contributed by atoms with Crippen LogP contribution in [-0.2, 0) is 16.0 Å². The van der Waals surface area contributed by atoms with Crippen molar-refractivity contribution < 1.29 is 9.59 Å². The summed E-state index contributed by atoms with van der Waals surface area (Å²) in [7, 11) is 0. The normalized spacial score (nSPS) is 20.8. The Morgan fingerprint density at radius 1 is 1.18 bits per heavy atom. The molecule has 0 bridgehead atoms. The molecule has 2 rings (SSSR count). The van der Waals surface area contributed by atoms with Crippen LogP contribution in [0.2, 0.25) is 0 Å². The fourth-order valence-electron chi connectivity index (χ4n) is 2.39. The zero-order chi connectivity index (χ0) is 12.5. The van der Waals surface area contributed by atoms with Gasteiger partial charge >= 0.3 is 0 Å². The van der Waals surface area contributed by atoms with E-state index in [1.165, 1.54) is 5.56 Å². The molecule has 0 radical (unpaired) electrons. The maximum Gasteiger partial charge on any atom is 0.233 e. The van der Waals surface area contributed by atoms with Crippen LogP contribution < -0.4 is 11.5 Å². The van der Waals surface area contributed by atoms with Crippen LogP contribution in [0.1, 0.15) is 18.4 Å². The van der Waals surface area contributed by atoms with Gasteiger partial charge in [0.2, 0.25) is 11.8 Å². The molecule has 90 valence electrons. The Kier molecular flexibility index (Phi) is 2.88. The number of aryl methyl sites for hydroxylation is 1. The molecule has 4 N–H and O–H groups in total. The first-order valence-electron chi connectivity index (χ1n) is 5.71. The van der Waals surface area contributed by atoms with Crippen molar-refractivity contribution in [3.8, 4) is 0 Å². The molecule has 1 aliphatic rings. The summed E-state index contributed by atoms with van der Waals surface area (Å²) >= 11 is 0. The van der Waals surface area contributed by atoms with Crippen LogP contribution in [0.25, 0.3) is 0 Å². The first kappa shape index (κ1) is 11.6. The number of rotatable bonds is 5. The fraction of sp³-hybridized carbons (Fsp3) is 0.385. The molecule has 1 unspecified atom stereocenters. The number of hydrogen-bond acceptors (Lipinski definition) is 2. The monoisotopic (exact) mass is 232 g/mol. The highest BCUT2D eigenvalue weighted by Gasteiger charge is 2.63. The summed E-state index contributed by atoms with van der Waals surface area (Å²) in [6.07, 6.45) is 2.12. The quantitative estimate of drug-likeness (QED) is 0.728. The van der Waals surface area contributed by atoms with Crippen LogP contribution in [0.5, 0.6) is 0 Å². The molecule has 1 aromatic rings. The fourth-order valence-corrected chi connectivity index (χ4v) is 2.39. The number of carbonyl (C=O) groups is 2. The molecule has 1 atom stereocenters. The Hall–Kier alpha value is -1.84. The molecule has 0 aromatic heterocycles. The van der Waals surface area contributed by atoms with E-state index in [9.17, 15) is 9.59 Å².